The molecule has 0 aromatic carbocycles. The van der Waals surface area contributed by atoms with Crippen molar-refractivity contribution in [3.05, 3.63) is 34.8 Å². The molecule has 2 aliphatic heterocycles. The number of hydrogen-bond acceptors (Lipinski definition) is 4. The summed E-state index contributed by atoms with van der Waals surface area (Å²) >= 11 is 1.79. The lowest BCUT2D eigenvalue weighted by Gasteiger charge is -2.20. The van der Waals surface area contributed by atoms with Gasteiger partial charge in [-0.25, -0.2) is 0 Å². The first kappa shape index (κ1) is 13.0. The van der Waals surface area contributed by atoms with Crippen molar-refractivity contribution < 1.29 is 4.79 Å². The molecule has 0 bridgehead atoms. The summed E-state index contributed by atoms with van der Waals surface area (Å²) in [5, 5.41) is 6.28. The van der Waals surface area contributed by atoms with E-state index < -0.39 is 0 Å². The van der Waals surface area contributed by atoms with Gasteiger partial charge in [-0.3, -0.25) is 14.4 Å². The molecule has 21 heavy (non-hydrogen) atoms. The Kier molecular flexibility index (Phi) is 3.08. The van der Waals surface area contributed by atoms with Crippen molar-refractivity contribution in [3.8, 4) is 0 Å². The van der Waals surface area contributed by atoms with Gasteiger partial charge in [-0.05, 0) is 11.4 Å². The van der Waals surface area contributed by atoms with Crippen LogP contribution in [0.15, 0.2) is 29.9 Å². The Labute approximate surface area is 127 Å². The maximum atomic E-state index is 12.6. The summed E-state index contributed by atoms with van der Waals surface area (Å²) in [6.07, 6.45) is 3.70. The molecule has 0 spiro atoms. The molecule has 2 aromatic heterocycles. The number of nitrogens with zero attached hydrogens (tertiary/aromatic N) is 4. The minimum Gasteiger partial charge on any atom is -0.309 e. The van der Waals surface area contributed by atoms with Crippen molar-refractivity contribution in [1.29, 1.82) is 0 Å². The van der Waals surface area contributed by atoms with E-state index >= 15 is 0 Å². The summed E-state index contributed by atoms with van der Waals surface area (Å²) in [5.74, 6) is 0.879. The predicted octanol–water partition coefficient (Wildman–Crippen LogP) is 1.58. The summed E-state index contributed by atoms with van der Waals surface area (Å²) in [7, 11) is 1.88. The molecule has 0 radical (unpaired) electrons. The van der Waals surface area contributed by atoms with Crippen LogP contribution in [0.25, 0.3) is 0 Å². The molecule has 110 valence electrons. The van der Waals surface area contributed by atoms with E-state index in [1.165, 1.54) is 4.88 Å². The molecule has 6 heteroatoms. The Bertz CT molecular complexity index is 650. The van der Waals surface area contributed by atoms with Gasteiger partial charge < -0.3 is 4.90 Å². The van der Waals surface area contributed by atoms with Crippen LogP contribution < -0.4 is 4.90 Å². The van der Waals surface area contributed by atoms with Gasteiger partial charge in [0.2, 0.25) is 5.91 Å². The van der Waals surface area contributed by atoms with Crippen molar-refractivity contribution in [2.45, 2.75) is 6.54 Å². The zero-order valence-corrected chi connectivity index (χ0v) is 12.8. The first-order valence-electron chi connectivity index (χ1n) is 7.25. The minimum atomic E-state index is 0.158. The largest absolute Gasteiger partial charge is 0.309 e. The second-order valence-electron chi connectivity index (χ2n) is 5.96. The van der Waals surface area contributed by atoms with Gasteiger partial charge in [-0.15, -0.1) is 11.3 Å². The average Bonchev–Trinajstić information content (AvgIpc) is 3.19. The zero-order chi connectivity index (χ0) is 14.4. The molecule has 2 atom stereocenters. The average molecular weight is 302 g/mol. The molecule has 5 nitrogen and oxygen atoms in total. The number of rotatable bonds is 3. The van der Waals surface area contributed by atoms with Crippen LogP contribution in [-0.4, -0.2) is 40.2 Å². The number of thiophene rings is 1. The van der Waals surface area contributed by atoms with E-state index in [0.717, 1.165) is 31.9 Å². The standard InChI is InChI=1S/C15H18N4OS/c1-17-8-12(5-16-17)19-7-11-6-18(10-14(11)15(19)20)9-13-3-2-4-21-13/h2-5,8,11,14H,6-7,9-10H2,1H3/t11-,14-/m0/s1. The van der Waals surface area contributed by atoms with Gasteiger partial charge in [0, 0.05) is 50.2 Å². The minimum absolute atomic E-state index is 0.158. The molecule has 0 unspecified atom stereocenters. The molecule has 0 N–H and O–H groups in total. The van der Waals surface area contributed by atoms with E-state index in [1.54, 1.807) is 22.2 Å². The summed E-state index contributed by atoms with van der Waals surface area (Å²) in [4.78, 5) is 18.3. The number of carbonyl (C=O) groups is 1. The van der Waals surface area contributed by atoms with Gasteiger partial charge in [0.05, 0.1) is 17.8 Å². The van der Waals surface area contributed by atoms with Crippen molar-refractivity contribution in [3.63, 3.8) is 0 Å². The Morgan fingerprint density at radius 2 is 2.29 bits per heavy atom. The predicted molar refractivity (Wildman–Crippen MR) is 82.1 cm³/mol. The zero-order valence-electron chi connectivity index (χ0n) is 12.0. The fourth-order valence-electron chi connectivity index (χ4n) is 3.48. The lowest BCUT2D eigenvalue weighted by atomic mass is 10.0. The lowest BCUT2D eigenvalue weighted by molar-refractivity contribution is -0.120. The number of carbonyl (C=O) groups excluding carboxylic acids is 1. The molecule has 2 fully saturated rings. The molecule has 2 aliphatic rings. The Hall–Kier alpha value is -1.66. The highest BCUT2D eigenvalue weighted by Gasteiger charge is 2.46. The van der Waals surface area contributed by atoms with Crippen LogP contribution in [0.2, 0.25) is 0 Å². The van der Waals surface area contributed by atoms with Crippen LogP contribution in [0, 0.1) is 11.8 Å². The first-order valence-corrected chi connectivity index (χ1v) is 8.13. The maximum absolute atomic E-state index is 12.6. The molecular formula is C15H18N4OS. The van der Waals surface area contributed by atoms with Crippen LogP contribution in [0.5, 0.6) is 0 Å². The smallest absolute Gasteiger partial charge is 0.231 e. The SMILES string of the molecule is Cn1cc(N2C[C@@H]3CN(Cc4cccs4)C[C@@H]3C2=O)cn1. The van der Waals surface area contributed by atoms with E-state index in [2.05, 4.69) is 27.5 Å². The van der Waals surface area contributed by atoms with Crippen LogP contribution in [0.4, 0.5) is 5.69 Å². The second-order valence-corrected chi connectivity index (χ2v) is 6.99. The van der Waals surface area contributed by atoms with E-state index in [-0.39, 0.29) is 11.8 Å². The molecular weight excluding hydrogens is 284 g/mol. The third kappa shape index (κ3) is 2.28. The second kappa shape index (κ2) is 4.96. The fraction of sp³-hybridized carbons (Fsp3) is 0.467. The maximum Gasteiger partial charge on any atom is 0.231 e. The van der Waals surface area contributed by atoms with Crippen LogP contribution in [0.3, 0.4) is 0 Å². The number of hydrogen-bond donors (Lipinski definition) is 0. The molecule has 4 rings (SSSR count). The normalized spacial score (nSPS) is 25.8. The summed E-state index contributed by atoms with van der Waals surface area (Å²) < 4.78 is 1.75. The van der Waals surface area contributed by atoms with Gasteiger partial charge in [0.15, 0.2) is 0 Å². The molecule has 0 aliphatic carbocycles. The first-order chi connectivity index (χ1) is 10.2. The highest BCUT2D eigenvalue weighted by Crippen LogP contribution is 2.35. The third-order valence-corrected chi connectivity index (χ3v) is 5.34. The number of fused-ring (bicyclic) bond motifs is 1. The molecule has 0 saturated carbocycles. The van der Waals surface area contributed by atoms with Crippen LogP contribution in [0.1, 0.15) is 4.88 Å². The molecule has 2 aromatic rings. The van der Waals surface area contributed by atoms with E-state index in [4.69, 9.17) is 0 Å². The monoisotopic (exact) mass is 302 g/mol. The number of aryl methyl sites for hydroxylation is 1. The van der Waals surface area contributed by atoms with E-state index in [9.17, 15) is 4.79 Å². The van der Waals surface area contributed by atoms with Crippen molar-refractivity contribution in [2.24, 2.45) is 18.9 Å². The number of aromatic nitrogens is 2. The van der Waals surface area contributed by atoms with Crippen molar-refractivity contribution >= 4 is 22.9 Å². The topological polar surface area (TPSA) is 41.4 Å². The van der Waals surface area contributed by atoms with Gasteiger partial charge in [0.25, 0.3) is 0 Å². The lowest BCUT2D eigenvalue weighted by Crippen LogP contribution is -2.32. The quantitative estimate of drug-likeness (QED) is 0.864. The summed E-state index contributed by atoms with van der Waals surface area (Å²) in [5.41, 5.74) is 0.932. The molecule has 4 heterocycles. The Morgan fingerprint density at radius 3 is 2.95 bits per heavy atom. The van der Waals surface area contributed by atoms with E-state index in [1.807, 2.05) is 18.1 Å². The van der Waals surface area contributed by atoms with Crippen LogP contribution in [-0.2, 0) is 18.4 Å². The Morgan fingerprint density at radius 1 is 1.38 bits per heavy atom. The third-order valence-electron chi connectivity index (χ3n) is 4.48. The molecule has 1 amide bonds. The highest BCUT2D eigenvalue weighted by molar-refractivity contribution is 7.09. The van der Waals surface area contributed by atoms with E-state index in [0.29, 0.717) is 5.92 Å². The number of anilines is 1. The van der Waals surface area contributed by atoms with Gasteiger partial charge >= 0.3 is 0 Å². The molecule has 2 saturated heterocycles. The number of amides is 1. The van der Waals surface area contributed by atoms with Crippen molar-refractivity contribution in [1.82, 2.24) is 14.7 Å². The summed E-state index contributed by atoms with van der Waals surface area (Å²) in [6.45, 7) is 3.71. The van der Waals surface area contributed by atoms with Crippen molar-refractivity contribution in [2.75, 3.05) is 24.5 Å². The van der Waals surface area contributed by atoms with Gasteiger partial charge in [-0.2, -0.15) is 5.10 Å². The number of likely N-dealkylation sites (tertiary alicyclic amines) is 1. The Balaban J connectivity index is 1.45. The summed E-state index contributed by atoms with van der Waals surface area (Å²) in [6, 6.07) is 4.26. The fourth-order valence-corrected chi connectivity index (χ4v) is 4.23. The van der Waals surface area contributed by atoms with Gasteiger partial charge in [0.1, 0.15) is 0 Å². The van der Waals surface area contributed by atoms with Crippen LogP contribution >= 0.6 is 11.3 Å². The van der Waals surface area contributed by atoms with Gasteiger partial charge in [-0.1, -0.05) is 6.07 Å². The highest BCUT2D eigenvalue weighted by atomic mass is 32.1.